The van der Waals surface area contributed by atoms with Crippen LogP contribution in [0.2, 0.25) is 0 Å². The Morgan fingerprint density at radius 2 is 2.16 bits per heavy atom. The lowest BCUT2D eigenvalue weighted by Crippen LogP contribution is -2.29. The molecule has 0 radical (unpaired) electrons. The third kappa shape index (κ3) is 1.96. The van der Waals surface area contributed by atoms with Crippen LogP contribution >= 0.6 is 0 Å². The quantitative estimate of drug-likeness (QED) is 0.650. The van der Waals surface area contributed by atoms with Crippen molar-refractivity contribution in [3.05, 3.63) is 24.8 Å². The Balaban J connectivity index is 2.00. The monoisotopic (exact) mass is 261 g/mol. The molecule has 3 atom stereocenters. The maximum Gasteiger partial charge on any atom is 0.165 e. The number of nitrogens with two attached hydrogens (primary N) is 1. The summed E-state index contributed by atoms with van der Waals surface area (Å²) in [6.45, 7) is -0.0514. The number of nitrogens with zero attached hydrogens (tertiary/aromatic N) is 4. The summed E-state index contributed by atoms with van der Waals surface area (Å²) in [5.41, 5.74) is 6.96. The van der Waals surface area contributed by atoms with E-state index in [4.69, 9.17) is 10.8 Å². The van der Waals surface area contributed by atoms with Crippen LogP contribution in [0.25, 0.3) is 11.2 Å². The van der Waals surface area contributed by atoms with E-state index in [1.165, 1.54) is 6.33 Å². The number of fused-ring (bicyclic) bond motifs is 1. The molecule has 3 rings (SSSR count). The Kier molecular flexibility index (Phi) is 2.92. The molecule has 1 aliphatic carbocycles. The summed E-state index contributed by atoms with van der Waals surface area (Å²) in [7, 11) is 0. The van der Waals surface area contributed by atoms with Crippen molar-refractivity contribution in [2.45, 2.75) is 18.6 Å². The Bertz CT molecular complexity index is 624. The summed E-state index contributed by atoms with van der Waals surface area (Å²) in [5, 5.41) is 19.1. The fourth-order valence-electron chi connectivity index (χ4n) is 2.40. The van der Waals surface area contributed by atoms with Gasteiger partial charge in [-0.1, -0.05) is 12.2 Å². The van der Waals surface area contributed by atoms with Gasteiger partial charge in [0.2, 0.25) is 0 Å². The van der Waals surface area contributed by atoms with Crippen LogP contribution in [-0.2, 0) is 0 Å². The fourth-order valence-corrected chi connectivity index (χ4v) is 2.40. The van der Waals surface area contributed by atoms with Crippen molar-refractivity contribution in [2.24, 2.45) is 5.92 Å². The number of hydrogen-bond acceptors (Lipinski definition) is 6. The summed E-state index contributed by atoms with van der Waals surface area (Å²) in [4.78, 5) is 12.3. The van der Waals surface area contributed by atoms with Crippen LogP contribution in [0.4, 0.5) is 5.82 Å². The molecule has 0 saturated carbocycles. The second kappa shape index (κ2) is 4.60. The molecular formula is C12H15N5O2. The molecule has 2 aromatic heterocycles. The normalized spacial score (nSPS) is 26.9. The van der Waals surface area contributed by atoms with Crippen molar-refractivity contribution >= 4 is 17.0 Å². The van der Waals surface area contributed by atoms with E-state index in [9.17, 15) is 5.11 Å². The van der Waals surface area contributed by atoms with Gasteiger partial charge in [-0.25, -0.2) is 15.0 Å². The molecule has 2 aromatic rings. The molecule has 7 heteroatoms. The number of rotatable bonds is 2. The number of imidazole rings is 1. The highest BCUT2D eigenvalue weighted by Gasteiger charge is 2.26. The minimum Gasteiger partial charge on any atom is -0.396 e. The summed E-state index contributed by atoms with van der Waals surface area (Å²) < 4.78 is 1.86. The minimum absolute atomic E-state index is 0.0444. The van der Waals surface area contributed by atoms with Gasteiger partial charge in [0.25, 0.3) is 0 Å². The summed E-state index contributed by atoms with van der Waals surface area (Å²) >= 11 is 0. The Hall–Kier alpha value is -1.99. The second-order valence-electron chi connectivity index (χ2n) is 4.68. The van der Waals surface area contributed by atoms with Crippen LogP contribution in [0.3, 0.4) is 0 Å². The van der Waals surface area contributed by atoms with E-state index >= 15 is 0 Å². The zero-order valence-corrected chi connectivity index (χ0v) is 10.2. The predicted molar refractivity (Wildman–Crippen MR) is 69.1 cm³/mol. The van der Waals surface area contributed by atoms with Crippen LogP contribution in [0.15, 0.2) is 24.8 Å². The van der Waals surface area contributed by atoms with Crippen molar-refractivity contribution in [3.8, 4) is 0 Å². The number of nitrogen functional groups attached to an aromatic ring is 1. The molecule has 0 amide bonds. The first kappa shape index (κ1) is 12.1. The molecule has 0 bridgehead atoms. The Labute approximate surface area is 109 Å². The molecule has 0 fully saturated rings. The van der Waals surface area contributed by atoms with E-state index in [0.29, 0.717) is 23.4 Å². The SMILES string of the molecule is Nc1ncnc2c1ncn2[C@H]1C=C[C@@H](CO)[C@H](O)C1. The van der Waals surface area contributed by atoms with E-state index in [0.717, 1.165) is 0 Å². The first-order valence-corrected chi connectivity index (χ1v) is 6.11. The molecule has 0 spiro atoms. The lowest BCUT2D eigenvalue weighted by Gasteiger charge is -2.27. The van der Waals surface area contributed by atoms with Gasteiger partial charge < -0.3 is 20.5 Å². The fraction of sp³-hybridized carbons (Fsp3) is 0.417. The minimum atomic E-state index is -0.573. The molecule has 19 heavy (non-hydrogen) atoms. The zero-order chi connectivity index (χ0) is 13.4. The van der Waals surface area contributed by atoms with E-state index in [-0.39, 0.29) is 18.6 Å². The average Bonchev–Trinajstić information content (AvgIpc) is 2.84. The van der Waals surface area contributed by atoms with Gasteiger partial charge in [-0.15, -0.1) is 0 Å². The number of allylic oxidation sites excluding steroid dienone is 1. The molecule has 0 unspecified atom stereocenters. The molecule has 4 N–H and O–H groups in total. The maximum atomic E-state index is 9.96. The molecule has 0 aromatic carbocycles. The van der Waals surface area contributed by atoms with E-state index in [1.54, 1.807) is 6.33 Å². The van der Waals surface area contributed by atoms with Crippen molar-refractivity contribution in [1.29, 1.82) is 0 Å². The lowest BCUT2D eigenvalue weighted by atomic mass is 9.90. The molecule has 100 valence electrons. The Morgan fingerprint density at radius 3 is 2.89 bits per heavy atom. The molecule has 1 aliphatic rings. The predicted octanol–water partition coefficient (Wildman–Crippen LogP) is -0.121. The molecule has 2 heterocycles. The zero-order valence-electron chi connectivity index (χ0n) is 10.2. The van der Waals surface area contributed by atoms with Gasteiger partial charge in [-0.05, 0) is 6.42 Å². The number of aliphatic hydroxyl groups is 2. The smallest absolute Gasteiger partial charge is 0.165 e. The summed E-state index contributed by atoms with van der Waals surface area (Å²) in [6, 6.07) is -0.0444. The van der Waals surface area contributed by atoms with Gasteiger partial charge in [0, 0.05) is 5.92 Å². The average molecular weight is 261 g/mol. The van der Waals surface area contributed by atoms with E-state index in [1.807, 2.05) is 16.7 Å². The first-order valence-electron chi connectivity index (χ1n) is 6.11. The highest BCUT2D eigenvalue weighted by molar-refractivity contribution is 5.81. The highest BCUT2D eigenvalue weighted by atomic mass is 16.3. The van der Waals surface area contributed by atoms with Crippen LogP contribution in [-0.4, -0.2) is 42.4 Å². The van der Waals surface area contributed by atoms with Gasteiger partial charge in [0.05, 0.1) is 25.1 Å². The van der Waals surface area contributed by atoms with Gasteiger partial charge >= 0.3 is 0 Å². The molecule has 7 nitrogen and oxygen atoms in total. The lowest BCUT2D eigenvalue weighted by molar-refractivity contribution is 0.0702. The molecule has 0 saturated heterocycles. The standard InChI is InChI=1S/C12H15N5O2/c13-11-10-12(15-5-14-11)17(6-16-10)8-2-1-7(4-18)9(19)3-8/h1-2,5-9,18-19H,3-4H2,(H2,13,14,15)/t7-,8-,9+/m0/s1. The van der Waals surface area contributed by atoms with Crippen LogP contribution in [0.5, 0.6) is 0 Å². The Morgan fingerprint density at radius 1 is 1.32 bits per heavy atom. The van der Waals surface area contributed by atoms with E-state index in [2.05, 4.69) is 15.0 Å². The molecule has 0 aliphatic heterocycles. The van der Waals surface area contributed by atoms with Gasteiger partial charge in [-0.3, -0.25) is 0 Å². The summed E-state index contributed by atoms with van der Waals surface area (Å²) in [6.07, 6.45) is 6.77. The topological polar surface area (TPSA) is 110 Å². The summed E-state index contributed by atoms with van der Waals surface area (Å²) in [5.74, 6) is 0.142. The molecular weight excluding hydrogens is 246 g/mol. The number of aliphatic hydroxyl groups excluding tert-OH is 2. The van der Waals surface area contributed by atoms with Gasteiger partial charge in [-0.2, -0.15) is 0 Å². The third-order valence-electron chi connectivity index (χ3n) is 3.51. The van der Waals surface area contributed by atoms with Crippen molar-refractivity contribution in [1.82, 2.24) is 19.5 Å². The number of hydrogen-bond donors (Lipinski definition) is 3. The number of anilines is 1. The third-order valence-corrected chi connectivity index (χ3v) is 3.51. The maximum absolute atomic E-state index is 9.96. The highest BCUT2D eigenvalue weighted by Crippen LogP contribution is 2.29. The largest absolute Gasteiger partial charge is 0.396 e. The van der Waals surface area contributed by atoms with Crippen LogP contribution < -0.4 is 5.73 Å². The van der Waals surface area contributed by atoms with Crippen molar-refractivity contribution in [3.63, 3.8) is 0 Å². The number of aromatic nitrogens is 4. The first-order chi connectivity index (χ1) is 9.20. The van der Waals surface area contributed by atoms with E-state index < -0.39 is 6.10 Å². The van der Waals surface area contributed by atoms with Crippen LogP contribution in [0.1, 0.15) is 12.5 Å². The van der Waals surface area contributed by atoms with Crippen molar-refractivity contribution < 1.29 is 10.2 Å². The van der Waals surface area contributed by atoms with Crippen molar-refractivity contribution in [2.75, 3.05) is 12.3 Å². The van der Waals surface area contributed by atoms with Gasteiger partial charge in [0.1, 0.15) is 11.8 Å². The van der Waals surface area contributed by atoms with Crippen LogP contribution in [0, 0.1) is 5.92 Å². The second-order valence-corrected chi connectivity index (χ2v) is 4.68. The van der Waals surface area contributed by atoms with Gasteiger partial charge in [0.15, 0.2) is 11.5 Å².